The van der Waals surface area contributed by atoms with Gasteiger partial charge in [0, 0.05) is 24.6 Å². The van der Waals surface area contributed by atoms with E-state index in [1.807, 2.05) is 73.5 Å². The van der Waals surface area contributed by atoms with Gasteiger partial charge in [-0.25, -0.2) is 9.69 Å². The molecular weight excluding hydrogens is 666 g/mol. The molecule has 272 valence electrons. The number of phenolic OH excluding ortho intramolecular Hbond substituents is 1. The lowest BCUT2D eigenvalue weighted by Crippen LogP contribution is -2.44. The lowest BCUT2D eigenvalue weighted by atomic mass is 9.90. The molecule has 0 spiro atoms. The zero-order chi connectivity index (χ0) is 36.8. The highest BCUT2D eigenvalue weighted by atomic mass is 16.7. The van der Waals surface area contributed by atoms with Crippen LogP contribution in [0.5, 0.6) is 5.75 Å². The number of ether oxygens (including phenoxy) is 3. The number of carbonyl (C=O) groups excluding carboxylic acids is 3. The smallest absolute Gasteiger partial charge is 0.408 e. The number of carbonyl (C=O) groups is 3. The second-order valence-corrected chi connectivity index (χ2v) is 13.3. The molecule has 0 aliphatic carbocycles. The van der Waals surface area contributed by atoms with Crippen molar-refractivity contribution in [3.63, 3.8) is 0 Å². The van der Waals surface area contributed by atoms with Crippen LogP contribution in [-0.4, -0.2) is 70.4 Å². The van der Waals surface area contributed by atoms with Crippen LogP contribution in [0.15, 0.2) is 103 Å². The summed E-state index contributed by atoms with van der Waals surface area (Å²) in [6.45, 7) is 2.75. The van der Waals surface area contributed by atoms with Gasteiger partial charge in [-0.05, 0) is 53.6 Å². The molecular formula is C40H43N3O9. The Balaban J connectivity index is 1.14. The lowest BCUT2D eigenvalue weighted by Gasteiger charge is -2.42. The molecule has 4 aromatic rings. The Bertz CT molecular complexity index is 1840. The van der Waals surface area contributed by atoms with Crippen molar-refractivity contribution in [3.8, 4) is 5.75 Å². The molecule has 4 aromatic carbocycles. The van der Waals surface area contributed by atoms with Gasteiger partial charge in [-0.2, -0.15) is 0 Å². The fraction of sp³-hybridized carbons (Fsp3) is 0.325. The van der Waals surface area contributed by atoms with Gasteiger partial charge < -0.3 is 39.7 Å². The van der Waals surface area contributed by atoms with E-state index in [4.69, 9.17) is 14.2 Å². The number of phenols is 1. The SMILES string of the molecule is CC1C(CN(C)CC(O)c2cccc(O)c2)OC(c2ccc(N3C(=O)CC(NC(=O)OCc4ccccc4)C3=O)cc2)OC1c1ccc(CO)cc1. The number of nitrogens with one attached hydrogen (secondary N) is 1. The molecule has 0 bridgehead atoms. The van der Waals surface area contributed by atoms with E-state index in [1.54, 1.807) is 48.5 Å². The second-order valence-electron chi connectivity index (χ2n) is 13.3. The predicted octanol–water partition coefficient (Wildman–Crippen LogP) is 4.90. The highest BCUT2D eigenvalue weighted by molar-refractivity contribution is 6.22. The molecule has 6 unspecified atom stereocenters. The standard InChI is InChI=1S/C40H43N3O9/c1-25-35(22-42(2)21-34(46)30-9-6-10-32(45)19-30)51-39(52-37(25)28-13-11-26(23-44)12-14-28)29-15-17-31(18-16-29)43-36(47)20-33(38(43)48)41-40(49)50-24-27-7-4-3-5-8-27/h3-19,25,33-35,37,39,44-46H,20-24H2,1-2H3,(H,41,49). The third-order valence-corrected chi connectivity index (χ3v) is 9.43. The van der Waals surface area contributed by atoms with Gasteiger partial charge in [0.1, 0.15) is 18.4 Å². The van der Waals surface area contributed by atoms with Crippen molar-refractivity contribution >= 4 is 23.6 Å². The summed E-state index contributed by atoms with van der Waals surface area (Å²) in [6.07, 6.45) is -3.33. The van der Waals surface area contributed by atoms with Crippen molar-refractivity contribution in [2.75, 3.05) is 25.0 Å². The fourth-order valence-electron chi connectivity index (χ4n) is 6.55. The third-order valence-electron chi connectivity index (χ3n) is 9.43. The first-order chi connectivity index (χ1) is 25.1. The van der Waals surface area contributed by atoms with Crippen LogP contribution >= 0.6 is 0 Å². The first kappa shape index (κ1) is 36.7. The zero-order valence-electron chi connectivity index (χ0n) is 29.0. The largest absolute Gasteiger partial charge is 0.508 e. The molecule has 3 amide bonds. The van der Waals surface area contributed by atoms with Crippen LogP contribution in [0, 0.1) is 5.92 Å². The maximum absolute atomic E-state index is 13.3. The molecule has 2 saturated heterocycles. The number of rotatable bonds is 12. The van der Waals surface area contributed by atoms with Crippen molar-refractivity contribution in [2.24, 2.45) is 5.92 Å². The number of aliphatic hydroxyl groups excluding tert-OH is 2. The van der Waals surface area contributed by atoms with E-state index in [2.05, 4.69) is 5.32 Å². The minimum Gasteiger partial charge on any atom is -0.508 e. The maximum Gasteiger partial charge on any atom is 0.408 e. The molecule has 2 aliphatic rings. The monoisotopic (exact) mass is 709 g/mol. The van der Waals surface area contributed by atoms with E-state index in [9.17, 15) is 29.7 Å². The maximum atomic E-state index is 13.3. The Morgan fingerprint density at radius 1 is 0.942 bits per heavy atom. The van der Waals surface area contributed by atoms with Crippen LogP contribution in [-0.2, 0) is 37.0 Å². The summed E-state index contributed by atoms with van der Waals surface area (Å²) in [6, 6.07) is 29.0. The molecule has 6 rings (SSSR count). The zero-order valence-corrected chi connectivity index (χ0v) is 29.0. The first-order valence-electron chi connectivity index (χ1n) is 17.2. The summed E-state index contributed by atoms with van der Waals surface area (Å²) >= 11 is 0. The molecule has 4 N–H and O–H groups in total. The van der Waals surface area contributed by atoms with Gasteiger partial charge in [0.25, 0.3) is 5.91 Å². The molecule has 12 heteroatoms. The third kappa shape index (κ3) is 8.67. The quantitative estimate of drug-likeness (QED) is 0.149. The van der Waals surface area contributed by atoms with Crippen LogP contribution < -0.4 is 10.2 Å². The number of aromatic hydroxyl groups is 1. The Morgan fingerprint density at radius 3 is 2.35 bits per heavy atom. The highest BCUT2D eigenvalue weighted by Crippen LogP contribution is 2.42. The van der Waals surface area contributed by atoms with Gasteiger partial charge in [-0.1, -0.05) is 85.8 Å². The van der Waals surface area contributed by atoms with Gasteiger partial charge in [0.05, 0.1) is 37.0 Å². The van der Waals surface area contributed by atoms with Crippen molar-refractivity contribution in [2.45, 2.75) is 57.2 Å². The Labute approximate surface area is 302 Å². The van der Waals surface area contributed by atoms with Crippen molar-refractivity contribution in [3.05, 3.63) is 131 Å². The highest BCUT2D eigenvalue weighted by Gasteiger charge is 2.42. The minimum atomic E-state index is -1.05. The van der Waals surface area contributed by atoms with Crippen LogP contribution in [0.25, 0.3) is 0 Å². The topological polar surface area (TPSA) is 158 Å². The number of hydrogen-bond donors (Lipinski definition) is 4. The number of imide groups is 1. The Kier molecular flexibility index (Phi) is 11.6. The fourth-order valence-corrected chi connectivity index (χ4v) is 6.55. The van der Waals surface area contributed by atoms with E-state index in [1.165, 1.54) is 0 Å². The van der Waals surface area contributed by atoms with Gasteiger partial charge in [0.2, 0.25) is 5.91 Å². The van der Waals surface area contributed by atoms with Crippen molar-refractivity contribution < 1.29 is 43.9 Å². The van der Waals surface area contributed by atoms with Gasteiger partial charge in [-0.3, -0.25) is 9.59 Å². The van der Waals surface area contributed by atoms with Gasteiger partial charge in [0.15, 0.2) is 6.29 Å². The molecule has 6 atom stereocenters. The van der Waals surface area contributed by atoms with Gasteiger partial charge in [-0.15, -0.1) is 0 Å². The minimum absolute atomic E-state index is 0.0315. The number of anilines is 1. The van der Waals surface area contributed by atoms with Gasteiger partial charge >= 0.3 is 6.09 Å². The molecule has 0 saturated carbocycles. The summed E-state index contributed by atoms with van der Waals surface area (Å²) in [4.78, 5) is 41.7. The number of aliphatic hydroxyl groups is 2. The average molecular weight is 710 g/mol. The van der Waals surface area contributed by atoms with Crippen LogP contribution in [0.4, 0.5) is 10.5 Å². The Morgan fingerprint density at radius 2 is 1.65 bits per heavy atom. The normalized spacial score (nSPS) is 22.4. The summed E-state index contributed by atoms with van der Waals surface area (Å²) in [5.41, 5.74) is 4.10. The second kappa shape index (κ2) is 16.5. The van der Waals surface area contributed by atoms with Crippen LogP contribution in [0.1, 0.15) is 59.7 Å². The van der Waals surface area contributed by atoms with E-state index < -0.39 is 36.3 Å². The van der Waals surface area contributed by atoms with Crippen LogP contribution in [0.2, 0.25) is 0 Å². The lowest BCUT2D eigenvalue weighted by molar-refractivity contribution is -0.276. The molecule has 0 radical (unpaired) electrons. The van der Waals surface area contributed by atoms with E-state index in [0.717, 1.165) is 21.6 Å². The number of hydrogen-bond acceptors (Lipinski definition) is 10. The molecule has 2 aliphatic heterocycles. The number of likely N-dealkylation sites (N-methyl/N-ethyl adjacent to an activating group) is 1. The van der Waals surface area contributed by atoms with E-state index >= 15 is 0 Å². The summed E-state index contributed by atoms with van der Waals surface area (Å²) < 4.78 is 18.3. The average Bonchev–Trinajstić information content (AvgIpc) is 3.43. The van der Waals surface area contributed by atoms with Crippen molar-refractivity contribution in [1.29, 1.82) is 0 Å². The first-order valence-corrected chi connectivity index (χ1v) is 17.2. The van der Waals surface area contributed by atoms with Crippen LogP contribution in [0.3, 0.4) is 0 Å². The summed E-state index contributed by atoms with van der Waals surface area (Å²) in [5, 5.41) is 32.8. The molecule has 12 nitrogen and oxygen atoms in total. The predicted molar refractivity (Wildman–Crippen MR) is 191 cm³/mol. The summed E-state index contributed by atoms with van der Waals surface area (Å²) in [5.74, 6) is -1.04. The number of benzene rings is 4. The van der Waals surface area contributed by atoms with E-state index in [0.29, 0.717) is 29.9 Å². The number of amides is 3. The number of alkyl carbamates (subject to hydrolysis) is 1. The molecule has 0 aromatic heterocycles. The number of nitrogens with zero attached hydrogens (tertiary/aromatic N) is 2. The molecule has 2 heterocycles. The molecule has 2 fully saturated rings. The Hall–Kier alpha value is -5.11. The summed E-state index contributed by atoms with van der Waals surface area (Å²) in [7, 11) is 1.89. The van der Waals surface area contributed by atoms with Crippen molar-refractivity contribution in [1.82, 2.24) is 10.2 Å². The van der Waals surface area contributed by atoms with E-state index in [-0.39, 0.29) is 43.5 Å². The molecule has 52 heavy (non-hydrogen) atoms.